The molecule has 2 rings (SSSR count). The molecule has 100 valence electrons. The maximum atomic E-state index is 10.9. The van der Waals surface area contributed by atoms with E-state index < -0.39 is 5.91 Å². The molecule has 0 radical (unpaired) electrons. The van der Waals surface area contributed by atoms with E-state index in [2.05, 4.69) is 9.97 Å². The van der Waals surface area contributed by atoms with Crippen LogP contribution in [0.4, 0.5) is 0 Å². The molecule has 8 heteroatoms. The van der Waals surface area contributed by atoms with E-state index >= 15 is 0 Å². The number of carbonyl (C=O) groups excluding carboxylic acids is 1. The Labute approximate surface area is 128 Å². The lowest BCUT2D eigenvalue weighted by Gasteiger charge is -2.08. The molecule has 0 saturated carbocycles. The highest BCUT2D eigenvalue weighted by Crippen LogP contribution is 2.39. The monoisotopic (exact) mass is 326 g/mol. The number of nitriles is 1. The van der Waals surface area contributed by atoms with Crippen molar-refractivity contribution in [1.82, 2.24) is 9.97 Å². The third-order valence-corrected chi connectivity index (χ3v) is 3.80. The molecule has 0 unspecified atom stereocenters. The van der Waals surface area contributed by atoms with Crippen LogP contribution >= 0.6 is 34.8 Å². The molecule has 0 atom stereocenters. The van der Waals surface area contributed by atoms with Gasteiger partial charge in [0, 0.05) is 18.0 Å². The van der Waals surface area contributed by atoms with Crippen LogP contribution < -0.4 is 5.73 Å². The van der Waals surface area contributed by atoms with Crippen LogP contribution in [0, 0.1) is 11.3 Å². The summed E-state index contributed by atoms with van der Waals surface area (Å²) in [6, 6.07) is 3.32. The summed E-state index contributed by atoms with van der Waals surface area (Å²) in [7, 11) is 0. The molecular formula is C12H5Cl3N4O. The second-order valence-electron chi connectivity index (χ2n) is 3.69. The van der Waals surface area contributed by atoms with Gasteiger partial charge in [0.25, 0.3) is 5.91 Å². The van der Waals surface area contributed by atoms with Gasteiger partial charge in [0.15, 0.2) is 5.82 Å². The van der Waals surface area contributed by atoms with Crippen molar-refractivity contribution in [2.24, 2.45) is 5.73 Å². The molecule has 0 fully saturated rings. The molecule has 20 heavy (non-hydrogen) atoms. The number of hydrogen-bond acceptors (Lipinski definition) is 4. The minimum absolute atomic E-state index is 0.0463. The molecule has 0 aliphatic heterocycles. The van der Waals surface area contributed by atoms with Crippen molar-refractivity contribution in [3.63, 3.8) is 0 Å². The highest BCUT2D eigenvalue weighted by molar-refractivity contribution is 6.49. The molecule has 0 aliphatic carbocycles. The van der Waals surface area contributed by atoms with Gasteiger partial charge >= 0.3 is 0 Å². The first-order valence-electron chi connectivity index (χ1n) is 5.15. The minimum atomic E-state index is -0.644. The van der Waals surface area contributed by atoms with Crippen LogP contribution in [0.5, 0.6) is 0 Å². The van der Waals surface area contributed by atoms with Crippen LogP contribution in [0.15, 0.2) is 18.5 Å². The van der Waals surface area contributed by atoms with E-state index in [1.807, 2.05) is 6.07 Å². The summed E-state index contributed by atoms with van der Waals surface area (Å²) in [4.78, 5) is 18.9. The van der Waals surface area contributed by atoms with Crippen LogP contribution in [-0.4, -0.2) is 15.9 Å². The minimum Gasteiger partial charge on any atom is -0.366 e. The first kappa shape index (κ1) is 14.5. The second kappa shape index (κ2) is 5.63. The van der Waals surface area contributed by atoms with Gasteiger partial charge in [-0.2, -0.15) is 5.26 Å². The lowest BCUT2D eigenvalue weighted by Crippen LogP contribution is -2.11. The van der Waals surface area contributed by atoms with Crippen LogP contribution in [0.2, 0.25) is 15.1 Å². The van der Waals surface area contributed by atoms with Crippen LogP contribution in [0.1, 0.15) is 15.9 Å². The summed E-state index contributed by atoms with van der Waals surface area (Å²) in [6.45, 7) is 0. The molecule has 1 heterocycles. The third-order valence-electron chi connectivity index (χ3n) is 2.44. The van der Waals surface area contributed by atoms with Crippen molar-refractivity contribution in [2.45, 2.75) is 0 Å². The first-order valence-corrected chi connectivity index (χ1v) is 6.29. The molecule has 0 bridgehead atoms. The van der Waals surface area contributed by atoms with Gasteiger partial charge in [0.05, 0.1) is 26.2 Å². The summed E-state index contributed by atoms with van der Waals surface area (Å²) in [6.07, 6.45) is 2.52. The van der Waals surface area contributed by atoms with Crippen molar-refractivity contribution < 1.29 is 4.79 Å². The molecule has 1 aromatic carbocycles. The van der Waals surface area contributed by atoms with E-state index in [9.17, 15) is 4.79 Å². The van der Waals surface area contributed by atoms with Gasteiger partial charge in [-0.3, -0.25) is 4.79 Å². The lowest BCUT2D eigenvalue weighted by molar-refractivity contribution is 0.0999. The maximum absolute atomic E-state index is 10.9. The van der Waals surface area contributed by atoms with Crippen LogP contribution in [-0.2, 0) is 0 Å². The van der Waals surface area contributed by atoms with Crippen molar-refractivity contribution in [2.75, 3.05) is 0 Å². The largest absolute Gasteiger partial charge is 0.366 e. The van der Waals surface area contributed by atoms with Gasteiger partial charge in [-0.1, -0.05) is 34.8 Å². The third kappa shape index (κ3) is 2.54. The lowest BCUT2D eigenvalue weighted by atomic mass is 10.1. The summed E-state index contributed by atoms with van der Waals surface area (Å²) < 4.78 is 0. The number of amides is 1. The van der Waals surface area contributed by atoms with E-state index in [4.69, 9.17) is 45.8 Å². The Balaban J connectivity index is 2.61. The maximum Gasteiger partial charge on any atom is 0.251 e. The quantitative estimate of drug-likeness (QED) is 0.858. The van der Waals surface area contributed by atoms with Gasteiger partial charge in [-0.05, 0) is 6.07 Å². The van der Waals surface area contributed by atoms with Crippen molar-refractivity contribution in [3.05, 3.63) is 44.7 Å². The van der Waals surface area contributed by atoms with Crippen LogP contribution in [0.25, 0.3) is 11.4 Å². The number of carbonyl (C=O) groups is 1. The fraction of sp³-hybridized carbons (Fsp3) is 0. The van der Waals surface area contributed by atoms with E-state index in [-0.39, 0.29) is 32.0 Å². The van der Waals surface area contributed by atoms with Crippen molar-refractivity contribution in [1.29, 1.82) is 5.26 Å². The molecule has 0 aliphatic rings. The molecule has 0 spiro atoms. The Kier molecular flexibility index (Phi) is 4.09. The molecule has 2 aromatic rings. The van der Waals surface area contributed by atoms with Gasteiger partial charge in [-0.15, -0.1) is 0 Å². The predicted octanol–water partition coefficient (Wildman–Crippen LogP) is 3.07. The second-order valence-corrected chi connectivity index (χ2v) is 4.82. The normalized spacial score (nSPS) is 10.1. The Morgan fingerprint density at radius 2 is 1.75 bits per heavy atom. The van der Waals surface area contributed by atoms with Gasteiger partial charge in [0.1, 0.15) is 6.07 Å². The fourth-order valence-electron chi connectivity index (χ4n) is 1.44. The SMILES string of the molecule is N#Cc1cc(-c2ncc(C(N)=O)cn2)c(Cl)c(Cl)c1Cl. The van der Waals surface area contributed by atoms with E-state index in [0.717, 1.165) is 0 Å². The number of rotatable bonds is 2. The fourth-order valence-corrected chi connectivity index (χ4v) is 2.12. The molecule has 1 aromatic heterocycles. The van der Waals surface area contributed by atoms with Crippen LogP contribution in [0.3, 0.4) is 0 Å². The summed E-state index contributed by atoms with van der Waals surface area (Å²) >= 11 is 17.9. The number of nitrogens with zero attached hydrogens (tertiary/aromatic N) is 3. The van der Waals surface area contributed by atoms with Gasteiger partial charge in [0.2, 0.25) is 0 Å². The zero-order chi connectivity index (χ0) is 14.9. The Bertz CT molecular complexity index is 738. The number of primary amides is 1. The average molecular weight is 328 g/mol. The molecular weight excluding hydrogens is 323 g/mol. The van der Waals surface area contributed by atoms with Crippen molar-refractivity contribution in [3.8, 4) is 17.5 Å². The zero-order valence-electron chi connectivity index (χ0n) is 9.69. The number of nitrogens with two attached hydrogens (primary N) is 1. The van der Waals surface area contributed by atoms with Gasteiger partial charge in [-0.25, -0.2) is 9.97 Å². The Morgan fingerprint density at radius 3 is 2.25 bits per heavy atom. The van der Waals surface area contributed by atoms with E-state index in [1.54, 1.807) is 0 Å². The number of benzene rings is 1. The highest BCUT2D eigenvalue weighted by Gasteiger charge is 2.17. The Hall–Kier alpha value is -1.87. The summed E-state index contributed by atoms with van der Waals surface area (Å²) in [5.74, 6) is -0.440. The number of halogens is 3. The molecule has 2 N–H and O–H groups in total. The average Bonchev–Trinajstić information content (AvgIpc) is 2.45. The topological polar surface area (TPSA) is 92.7 Å². The Morgan fingerprint density at radius 1 is 1.15 bits per heavy atom. The number of aromatic nitrogens is 2. The van der Waals surface area contributed by atoms with E-state index in [0.29, 0.717) is 5.56 Å². The molecule has 0 saturated heterocycles. The smallest absolute Gasteiger partial charge is 0.251 e. The van der Waals surface area contributed by atoms with Gasteiger partial charge < -0.3 is 5.73 Å². The first-order chi connectivity index (χ1) is 9.45. The predicted molar refractivity (Wildman–Crippen MR) is 75.7 cm³/mol. The molecule has 5 nitrogen and oxygen atoms in total. The highest BCUT2D eigenvalue weighted by atomic mass is 35.5. The summed E-state index contributed by atoms with van der Waals surface area (Å²) in [5, 5.41) is 9.22. The molecule has 1 amide bonds. The van der Waals surface area contributed by atoms with Crippen molar-refractivity contribution >= 4 is 40.7 Å². The van der Waals surface area contributed by atoms with E-state index in [1.165, 1.54) is 18.5 Å². The standard InChI is InChI=1S/C12H5Cl3N4O/c13-8-5(2-16)1-7(9(14)10(8)15)12-18-3-6(4-19-12)11(17)20/h1,3-4H,(H2,17,20). The number of hydrogen-bond donors (Lipinski definition) is 1. The summed E-state index contributed by atoms with van der Waals surface area (Å²) in [5.41, 5.74) is 5.75. The zero-order valence-corrected chi connectivity index (χ0v) is 12.0.